The number of methoxy groups -OCH3 is 1. The number of sulfonamides is 1. The maximum absolute atomic E-state index is 12.6. The Morgan fingerprint density at radius 2 is 2.05 bits per heavy atom. The van der Waals surface area contributed by atoms with Gasteiger partial charge < -0.3 is 9.84 Å². The highest BCUT2D eigenvalue weighted by molar-refractivity contribution is 7.89. The van der Waals surface area contributed by atoms with E-state index in [1.54, 1.807) is 0 Å². The first kappa shape index (κ1) is 17.9. The van der Waals surface area contributed by atoms with Gasteiger partial charge in [-0.25, -0.2) is 13.1 Å². The molecule has 5 nitrogen and oxygen atoms in total. The van der Waals surface area contributed by atoms with Crippen molar-refractivity contribution in [1.82, 2.24) is 4.72 Å². The van der Waals surface area contributed by atoms with Crippen molar-refractivity contribution in [3.05, 3.63) is 29.8 Å². The fourth-order valence-corrected chi connectivity index (χ4v) is 2.96. The lowest BCUT2D eigenvalue weighted by Gasteiger charge is -2.17. The fraction of sp³-hybridized carbons (Fsp3) is 0.500. The summed E-state index contributed by atoms with van der Waals surface area (Å²) < 4.78 is 68.9. The van der Waals surface area contributed by atoms with Crippen LogP contribution in [0.4, 0.5) is 13.2 Å². The topological polar surface area (TPSA) is 75.6 Å². The highest BCUT2D eigenvalue weighted by Crippen LogP contribution is 2.30. The second kappa shape index (κ2) is 7.21. The van der Waals surface area contributed by atoms with E-state index in [0.717, 1.165) is 18.2 Å². The molecule has 0 aliphatic carbocycles. The lowest BCUT2D eigenvalue weighted by molar-refractivity contribution is -0.137. The van der Waals surface area contributed by atoms with Crippen molar-refractivity contribution in [2.24, 2.45) is 0 Å². The maximum atomic E-state index is 12.6. The summed E-state index contributed by atoms with van der Waals surface area (Å²) in [7, 11) is -2.78. The van der Waals surface area contributed by atoms with E-state index in [4.69, 9.17) is 9.84 Å². The lowest BCUT2D eigenvalue weighted by atomic mass is 10.2. The van der Waals surface area contributed by atoms with Gasteiger partial charge in [-0.05, 0) is 24.6 Å². The summed E-state index contributed by atoms with van der Waals surface area (Å²) in [5, 5.41) is 8.84. The number of aliphatic hydroxyl groups is 1. The van der Waals surface area contributed by atoms with Crippen LogP contribution in [0.1, 0.15) is 12.0 Å². The number of rotatable bonds is 7. The molecular weight excluding hydrogens is 311 g/mol. The van der Waals surface area contributed by atoms with Gasteiger partial charge in [0.15, 0.2) is 0 Å². The summed E-state index contributed by atoms with van der Waals surface area (Å²) in [6, 6.07) is 2.72. The van der Waals surface area contributed by atoms with Gasteiger partial charge in [-0.2, -0.15) is 13.2 Å². The number of ether oxygens (including phenoxy) is 1. The van der Waals surface area contributed by atoms with Crippen molar-refractivity contribution in [3.63, 3.8) is 0 Å². The molecule has 0 heterocycles. The molecule has 1 atom stereocenters. The Labute approximate surface area is 120 Å². The van der Waals surface area contributed by atoms with E-state index in [1.165, 1.54) is 7.11 Å². The monoisotopic (exact) mass is 327 g/mol. The van der Waals surface area contributed by atoms with Gasteiger partial charge in [0, 0.05) is 19.8 Å². The number of benzene rings is 1. The van der Waals surface area contributed by atoms with Crippen molar-refractivity contribution in [3.8, 4) is 0 Å². The third kappa shape index (κ3) is 5.27. The maximum Gasteiger partial charge on any atom is 0.416 e. The molecule has 0 saturated carbocycles. The predicted molar refractivity (Wildman–Crippen MR) is 69.1 cm³/mol. The van der Waals surface area contributed by atoms with E-state index in [9.17, 15) is 21.6 Å². The van der Waals surface area contributed by atoms with Gasteiger partial charge in [0.05, 0.1) is 17.1 Å². The van der Waals surface area contributed by atoms with E-state index in [-0.39, 0.29) is 19.6 Å². The van der Waals surface area contributed by atoms with E-state index < -0.39 is 32.7 Å². The summed E-state index contributed by atoms with van der Waals surface area (Å²) in [5.74, 6) is 0. The zero-order valence-corrected chi connectivity index (χ0v) is 12.0. The SMILES string of the molecule is COCC(CCO)NS(=O)(=O)c1cccc(C(F)(F)F)c1. The van der Waals surface area contributed by atoms with Crippen LogP contribution in [-0.4, -0.2) is 39.9 Å². The quantitative estimate of drug-likeness (QED) is 0.793. The molecule has 0 saturated heterocycles. The minimum Gasteiger partial charge on any atom is -0.396 e. The molecule has 21 heavy (non-hydrogen) atoms. The second-order valence-corrected chi connectivity index (χ2v) is 6.03. The van der Waals surface area contributed by atoms with Crippen molar-refractivity contribution in [2.75, 3.05) is 20.3 Å². The Morgan fingerprint density at radius 1 is 1.38 bits per heavy atom. The molecule has 1 aromatic carbocycles. The lowest BCUT2D eigenvalue weighted by Crippen LogP contribution is -2.38. The standard InChI is InChI=1S/C12H16F3NO4S/c1-20-8-10(5-6-17)16-21(18,19)11-4-2-3-9(7-11)12(13,14)15/h2-4,7,10,16-17H,5-6,8H2,1H3. The van der Waals surface area contributed by atoms with Crippen LogP contribution in [0.25, 0.3) is 0 Å². The van der Waals surface area contributed by atoms with Crippen LogP contribution < -0.4 is 4.72 Å². The van der Waals surface area contributed by atoms with Gasteiger partial charge >= 0.3 is 6.18 Å². The van der Waals surface area contributed by atoms with Gasteiger partial charge in [0.1, 0.15) is 0 Å². The molecule has 2 N–H and O–H groups in total. The molecule has 0 spiro atoms. The minimum absolute atomic E-state index is 0.00124. The molecule has 0 aromatic heterocycles. The first-order chi connectivity index (χ1) is 9.70. The van der Waals surface area contributed by atoms with E-state index >= 15 is 0 Å². The highest BCUT2D eigenvalue weighted by atomic mass is 32.2. The van der Waals surface area contributed by atoms with Crippen molar-refractivity contribution in [2.45, 2.75) is 23.5 Å². The molecule has 0 aliphatic rings. The van der Waals surface area contributed by atoms with Gasteiger partial charge in [-0.1, -0.05) is 6.07 Å². The van der Waals surface area contributed by atoms with Gasteiger partial charge in [-0.15, -0.1) is 0 Å². The molecule has 1 aromatic rings. The largest absolute Gasteiger partial charge is 0.416 e. The molecule has 1 unspecified atom stereocenters. The third-order valence-corrected chi connectivity index (χ3v) is 4.16. The number of nitrogens with one attached hydrogen (secondary N) is 1. The van der Waals surface area contributed by atoms with Gasteiger partial charge in [0.2, 0.25) is 10.0 Å². The zero-order valence-electron chi connectivity index (χ0n) is 11.2. The minimum atomic E-state index is -4.62. The van der Waals surface area contributed by atoms with E-state index in [0.29, 0.717) is 6.07 Å². The molecule has 0 bridgehead atoms. The van der Waals surface area contributed by atoms with Crippen LogP contribution in [0.5, 0.6) is 0 Å². The molecule has 0 fully saturated rings. The van der Waals surface area contributed by atoms with Crippen molar-refractivity contribution in [1.29, 1.82) is 0 Å². The number of halogens is 3. The summed E-state index contributed by atoms with van der Waals surface area (Å²) in [6.07, 6.45) is -4.53. The molecule has 0 radical (unpaired) electrons. The molecule has 9 heteroatoms. The fourth-order valence-electron chi connectivity index (χ4n) is 1.66. The van der Waals surface area contributed by atoms with Crippen LogP contribution in [-0.2, 0) is 20.9 Å². The molecular formula is C12H16F3NO4S. The third-order valence-electron chi connectivity index (χ3n) is 2.64. The van der Waals surface area contributed by atoms with Crippen molar-refractivity contribution < 1.29 is 31.4 Å². The number of alkyl halides is 3. The Bertz CT molecular complexity index is 554. The highest BCUT2D eigenvalue weighted by Gasteiger charge is 2.32. The van der Waals surface area contributed by atoms with E-state index in [2.05, 4.69) is 4.72 Å². The average Bonchev–Trinajstić information content (AvgIpc) is 2.38. The zero-order chi connectivity index (χ0) is 16.1. The summed E-state index contributed by atoms with van der Waals surface area (Å²) in [6.45, 7) is -0.280. The Morgan fingerprint density at radius 3 is 2.57 bits per heavy atom. The van der Waals surface area contributed by atoms with Crippen molar-refractivity contribution >= 4 is 10.0 Å². The van der Waals surface area contributed by atoms with Crippen LogP contribution in [0.2, 0.25) is 0 Å². The van der Waals surface area contributed by atoms with Crippen LogP contribution in [0, 0.1) is 0 Å². The van der Waals surface area contributed by atoms with Gasteiger partial charge in [-0.3, -0.25) is 0 Å². The first-order valence-electron chi connectivity index (χ1n) is 6.00. The predicted octanol–water partition coefficient (Wildman–Crippen LogP) is 1.38. The van der Waals surface area contributed by atoms with E-state index in [1.807, 2.05) is 0 Å². The number of hydrogen-bond acceptors (Lipinski definition) is 4. The molecule has 1 rings (SSSR count). The smallest absolute Gasteiger partial charge is 0.396 e. The Balaban J connectivity index is 3.02. The molecule has 0 amide bonds. The summed E-state index contributed by atoms with van der Waals surface area (Å²) in [5.41, 5.74) is -1.05. The normalized spacial score (nSPS) is 14.1. The molecule has 120 valence electrons. The summed E-state index contributed by atoms with van der Waals surface area (Å²) in [4.78, 5) is -0.489. The first-order valence-corrected chi connectivity index (χ1v) is 7.48. The summed E-state index contributed by atoms with van der Waals surface area (Å²) >= 11 is 0. The number of hydrogen-bond donors (Lipinski definition) is 2. The Kier molecular flexibility index (Phi) is 6.14. The van der Waals surface area contributed by atoms with Gasteiger partial charge in [0.25, 0.3) is 0 Å². The average molecular weight is 327 g/mol. The second-order valence-electron chi connectivity index (χ2n) is 4.31. The molecule has 0 aliphatic heterocycles. The van der Waals surface area contributed by atoms with Crippen LogP contribution in [0.15, 0.2) is 29.2 Å². The Hall–Kier alpha value is -1.16. The van der Waals surface area contributed by atoms with Crippen LogP contribution in [0.3, 0.4) is 0 Å². The number of aliphatic hydroxyl groups excluding tert-OH is 1. The van der Waals surface area contributed by atoms with Crippen LogP contribution >= 0.6 is 0 Å².